The molecule has 9 heteroatoms. The zero-order valence-electron chi connectivity index (χ0n) is 16.2. The van der Waals surface area contributed by atoms with Crippen LogP contribution in [0.25, 0.3) is 10.9 Å². The third-order valence-corrected chi connectivity index (χ3v) is 4.94. The van der Waals surface area contributed by atoms with Crippen molar-refractivity contribution in [3.05, 3.63) is 47.7 Å². The van der Waals surface area contributed by atoms with Crippen molar-refractivity contribution in [3.63, 3.8) is 0 Å². The van der Waals surface area contributed by atoms with Crippen molar-refractivity contribution in [1.29, 1.82) is 0 Å². The molecular formula is C20H21F2N5O2. The predicted molar refractivity (Wildman–Crippen MR) is 102 cm³/mol. The summed E-state index contributed by atoms with van der Waals surface area (Å²) in [6.45, 7) is 2.32. The number of alkyl halides is 2. The van der Waals surface area contributed by atoms with Gasteiger partial charge in [-0.25, -0.2) is 8.78 Å². The van der Waals surface area contributed by atoms with Crippen LogP contribution in [0.15, 0.2) is 30.7 Å². The summed E-state index contributed by atoms with van der Waals surface area (Å²) < 4.78 is 32.9. The van der Waals surface area contributed by atoms with E-state index < -0.39 is 18.1 Å². The Morgan fingerprint density at radius 3 is 2.83 bits per heavy atom. The van der Waals surface area contributed by atoms with Crippen LogP contribution in [0.5, 0.6) is 5.75 Å². The smallest absolute Gasteiger partial charge is 0.278 e. The van der Waals surface area contributed by atoms with Crippen molar-refractivity contribution < 1.29 is 18.3 Å². The van der Waals surface area contributed by atoms with Gasteiger partial charge in [-0.2, -0.15) is 5.10 Å². The van der Waals surface area contributed by atoms with Crippen LogP contribution in [0, 0.1) is 6.92 Å². The molecule has 0 aliphatic heterocycles. The first-order valence-electron chi connectivity index (χ1n) is 9.30. The van der Waals surface area contributed by atoms with E-state index in [2.05, 4.69) is 20.4 Å². The quantitative estimate of drug-likeness (QED) is 0.587. The maximum absolute atomic E-state index is 13.0. The molecule has 0 bridgehead atoms. The van der Waals surface area contributed by atoms with Gasteiger partial charge in [-0.15, -0.1) is 0 Å². The summed E-state index contributed by atoms with van der Waals surface area (Å²) >= 11 is 0. The molecule has 0 aromatic carbocycles. The first-order valence-corrected chi connectivity index (χ1v) is 9.30. The molecule has 1 aliphatic rings. The minimum atomic E-state index is -2.90. The number of carbonyl (C=O) groups excluding carboxylic acids is 1. The summed E-state index contributed by atoms with van der Waals surface area (Å²) in [6.07, 6.45) is 7.45. The third-order valence-electron chi connectivity index (χ3n) is 4.94. The number of pyridine rings is 2. The Kier molecular flexibility index (Phi) is 4.68. The van der Waals surface area contributed by atoms with Crippen molar-refractivity contribution in [2.75, 3.05) is 6.61 Å². The van der Waals surface area contributed by atoms with Gasteiger partial charge in [0.05, 0.1) is 35.2 Å². The second-order valence-corrected chi connectivity index (χ2v) is 7.56. The van der Waals surface area contributed by atoms with Gasteiger partial charge in [-0.3, -0.25) is 19.4 Å². The van der Waals surface area contributed by atoms with Gasteiger partial charge >= 0.3 is 0 Å². The second kappa shape index (κ2) is 7.06. The summed E-state index contributed by atoms with van der Waals surface area (Å²) in [6, 6.07) is 3.62. The molecule has 0 saturated heterocycles. The Morgan fingerprint density at radius 1 is 1.38 bits per heavy atom. The van der Waals surface area contributed by atoms with E-state index in [4.69, 9.17) is 4.74 Å². The van der Waals surface area contributed by atoms with Gasteiger partial charge in [0.2, 0.25) is 6.41 Å². The fourth-order valence-corrected chi connectivity index (χ4v) is 3.35. The zero-order chi connectivity index (χ0) is 20.6. The van der Waals surface area contributed by atoms with Gasteiger partial charge in [0.15, 0.2) is 6.61 Å². The fourth-order valence-electron chi connectivity index (χ4n) is 3.35. The molecule has 7 nitrogen and oxygen atoms in total. The molecule has 1 saturated carbocycles. The number of aryl methyl sites for hydroxylation is 1. The van der Waals surface area contributed by atoms with Crippen LogP contribution in [0.1, 0.15) is 36.7 Å². The number of nitrogens with one attached hydrogen (secondary N) is 1. The number of fused-ring (bicyclic) bond motifs is 1. The van der Waals surface area contributed by atoms with Crippen LogP contribution in [0.2, 0.25) is 0 Å². The standard InChI is InChI=1S/C20H21F2N5O2/c1-13-7-14(24-8-17(13)29-11-19(2,21)22)9-27-10-15-16(26-27)3-6-23-18(15)20(4-5-20)25-12-28/h3,6-8,10,12H,4-5,9,11H2,1-2H3,(H,25,28). The van der Waals surface area contributed by atoms with E-state index in [0.29, 0.717) is 18.7 Å². The minimum absolute atomic E-state index is 0.336. The van der Waals surface area contributed by atoms with Gasteiger partial charge < -0.3 is 10.1 Å². The molecule has 0 spiro atoms. The third kappa shape index (κ3) is 4.03. The first-order chi connectivity index (χ1) is 13.8. The summed E-state index contributed by atoms with van der Waals surface area (Å²) in [7, 11) is 0. The Bertz CT molecular complexity index is 1060. The van der Waals surface area contributed by atoms with Crippen LogP contribution >= 0.6 is 0 Å². The molecule has 152 valence electrons. The van der Waals surface area contributed by atoms with E-state index in [1.807, 2.05) is 12.3 Å². The Balaban J connectivity index is 1.56. The van der Waals surface area contributed by atoms with Gasteiger partial charge in [-0.1, -0.05) is 0 Å². The van der Waals surface area contributed by atoms with Crippen molar-refractivity contribution in [2.24, 2.45) is 0 Å². The van der Waals surface area contributed by atoms with Crippen molar-refractivity contribution in [2.45, 2.75) is 44.7 Å². The summed E-state index contributed by atoms with van der Waals surface area (Å²) in [5.74, 6) is -2.56. The van der Waals surface area contributed by atoms with E-state index in [0.717, 1.165) is 47.6 Å². The maximum atomic E-state index is 13.0. The number of hydrogen-bond acceptors (Lipinski definition) is 5. The molecule has 3 aromatic rings. The number of aromatic nitrogens is 4. The van der Waals surface area contributed by atoms with Gasteiger partial charge in [0.1, 0.15) is 5.75 Å². The lowest BCUT2D eigenvalue weighted by Crippen LogP contribution is -2.28. The molecule has 1 fully saturated rings. The molecule has 1 amide bonds. The van der Waals surface area contributed by atoms with Crippen molar-refractivity contribution >= 4 is 17.3 Å². The van der Waals surface area contributed by atoms with E-state index in [9.17, 15) is 13.6 Å². The summed E-state index contributed by atoms with van der Waals surface area (Å²) in [5.41, 5.74) is 2.67. The number of ether oxygens (including phenoxy) is 1. The van der Waals surface area contributed by atoms with Crippen LogP contribution in [-0.2, 0) is 16.9 Å². The monoisotopic (exact) mass is 401 g/mol. The molecule has 3 heterocycles. The molecule has 29 heavy (non-hydrogen) atoms. The van der Waals surface area contributed by atoms with Gasteiger partial charge in [0, 0.05) is 24.7 Å². The van der Waals surface area contributed by atoms with E-state index in [1.54, 1.807) is 23.9 Å². The lowest BCUT2D eigenvalue weighted by molar-refractivity contribution is -0.110. The van der Waals surface area contributed by atoms with E-state index in [1.165, 1.54) is 6.20 Å². The van der Waals surface area contributed by atoms with Crippen molar-refractivity contribution in [3.8, 4) is 5.75 Å². The number of carbonyl (C=O) groups is 1. The topological polar surface area (TPSA) is 81.9 Å². The highest BCUT2D eigenvalue weighted by Gasteiger charge is 2.46. The highest BCUT2D eigenvalue weighted by Crippen LogP contribution is 2.46. The molecule has 0 radical (unpaired) electrons. The largest absolute Gasteiger partial charge is 0.485 e. The highest BCUT2D eigenvalue weighted by atomic mass is 19.3. The fraction of sp³-hybridized carbons (Fsp3) is 0.400. The van der Waals surface area contributed by atoms with Gasteiger partial charge in [-0.05, 0) is 37.5 Å². The zero-order valence-corrected chi connectivity index (χ0v) is 16.2. The lowest BCUT2D eigenvalue weighted by atomic mass is 10.1. The molecule has 0 unspecified atom stereocenters. The molecule has 4 rings (SSSR count). The number of amides is 1. The molecule has 3 aromatic heterocycles. The van der Waals surface area contributed by atoms with Crippen LogP contribution in [0.3, 0.4) is 0 Å². The number of rotatable bonds is 8. The molecule has 0 atom stereocenters. The van der Waals surface area contributed by atoms with Gasteiger partial charge in [0.25, 0.3) is 5.92 Å². The molecular weight excluding hydrogens is 380 g/mol. The van der Waals surface area contributed by atoms with E-state index >= 15 is 0 Å². The first kappa shape index (κ1) is 19.2. The number of halogens is 2. The summed E-state index contributed by atoms with van der Waals surface area (Å²) in [4.78, 5) is 19.7. The van der Waals surface area contributed by atoms with Crippen LogP contribution in [0.4, 0.5) is 8.78 Å². The lowest BCUT2D eigenvalue weighted by Gasteiger charge is -2.14. The average molecular weight is 401 g/mol. The molecule has 1 aliphatic carbocycles. The van der Waals surface area contributed by atoms with Crippen LogP contribution < -0.4 is 10.1 Å². The number of hydrogen-bond donors (Lipinski definition) is 1. The SMILES string of the molecule is Cc1cc(Cn2cc3c(C4(NC=O)CC4)nccc3n2)ncc1OCC(C)(F)F. The Hall–Kier alpha value is -3.10. The van der Waals surface area contributed by atoms with E-state index in [-0.39, 0.29) is 0 Å². The summed E-state index contributed by atoms with van der Waals surface area (Å²) in [5, 5.41) is 8.35. The Morgan fingerprint density at radius 2 is 2.17 bits per heavy atom. The average Bonchev–Trinajstić information content (AvgIpc) is 3.31. The van der Waals surface area contributed by atoms with Crippen molar-refractivity contribution in [1.82, 2.24) is 25.1 Å². The van der Waals surface area contributed by atoms with Crippen LogP contribution in [-0.4, -0.2) is 38.7 Å². The Labute approximate surface area is 166 Å². The maximum Gasteiger partial charge on any atom is 0.278 e. The minimum Gasteiger partial charge on any atom is -0.485 e. The normalized spacial score (nSPS) is 15.3. The highest BCUT2D eigenvalue weighted by molar-refractivity contribution is 5.82. The molecule has 1 N–H and O–H groups in total. The number of nitrogens with zero attached hydrogens (tertiary/aromatic N) is 4. The predicted octanol–water partition coefficient (Wildman–Crippen LogP) is 2.95. The second-order valence-electron chi connectivity index (χ2n) is 7.56.